The van der Waals surface area contributed by atoms with Crippen molar-refractivity contribution in [2.24, 2.45) is 11.3 Å². The van der Waals surface area contributed by atoms with Crippen LogP contribution in [0.1, 0.15) is 48.9 Å². The molecular formula is C25H32N6O4S. The lowest BCUT2D eigenvalue weighted by molar-refractivity contribution is 0.102. The summed E-state index contributed by atoms with van der Waals surface area (Å²) >= 11 is 0. The minimum Gasteiger partial charge on any atom is -0.371 e. The summed E-state index contributed by atoms with van der Waals surface area (Å²) in [6.07, 6.45) is 8.57. The van der Waals surface area contributed by atoms with E-state index in [0.29, 0.717) is 41.0 Å². The molecule has 11 heteroatoms. The Balaban J connectivity index is 1.40. The molecule has 1 amide bonds. The molecule has 192 valence electrons. The molecule has 1 aromatic heterocycles. The third-order valence-corrected chi connectivity index (χ3v) is 9.63. The quantitative estimate of drug-likeness (QED) is 0.599. The first-order chi connectivity index (χ1) is 17.4. The number of nitrogens with zero attached hydrogens (tertiary/aromatic N) is 4. The lowest BCUT2D eigenvalue weighted by atomic mass is 9.79. The highest BCUT2D eigenvalue weighted by Crippen LogP contribution is 2.58. The number of carbonyl (C=O) groups excluding carboxylic acids is 1. The van der Waals surface area contributed by atoms with E-state index in [9.17, 15) is 13.2 Å². The number of hydrogen-bond acceptors (Lipinski definition) is 8. The summed E-state index contributed by atoms with van der Waals surface area (Å²) in [5, 5.41) is 6.19. The number of fused-ring (bicyclic) bond motifs is 7. The molecule has 1 saturated carbocycles. The Morgan fingerprint density at radius 3 is 2.83 bits per heavy atom. The fraction of sp³-hybridized carbons (Fsp3) is 0.560. The molecule has 4 aliphatic rings. The number of rotatable bonds is 1. The highest BCUT2D eigenvalue weighted by Gasteiger charge is 2.51. The zero-order chi connectivity index (χ0) is 24.8. The first-order valence-corrected chi connectivity index (χ1v) is 14.4. The van der Waals surface area contributed by atoms with Crippen molar-refractivity contribution in [2.45, 2.75) is 38.5 Å². The highest BCUT2D eigenvalue weighted by molar-refractivity contribution is 7.92. The van der Waals surface area contributed by atoms with E-state index in [1.807, 2.05) is 6.07 Å². The van der Waals surface area contributed by atoms with Gasteiger partial charge in [0, 0.05) is 25.8 Å². The maximum atomic E-state index is 13.5. The third kappa shape index (κ3) is 4.50. The Morgan fingerprint density at radius 2 is 2.00 bits per heavy atom. The van der Waals surface area contributed by atoms with Crippen LogP contribution >= 0.6 is 0 Å². The van der Waals surface area contributed by atoms with Gasteiger partial charge in [-0.1, -0.05) is 6.42 Å². The molecule has 36 heavy (non-hydrogen) atoms. The van der Waals surface area contributed by atoms with Gasteiger partial charge < -0.3 is 20.3 Å². The first-order valence-electron chi connectivity index (χ1n) is 12.8. The number of benzene rings is 1. The van der Waals surface area contributed by atoms with Crippen LogP contribution < -0.4 is 19.8 Å². The minimum absolute atomic E-state index is 0.260. The zero-order valence-corrected chi connectivity index (χ0v) is 21.1. The molecule has 1 aliphatic carbocycles. The largest absolute Gasteiger partial charge is 0.371 e. The van der Waals surface area contributed by atoms with Crippen LogP contribution in [0.5, 0.6) is 0 Å². The van der Waals surface area contributed by atoms with E-state index in [2.05, 4.69) is 25.5 Å². The van der Waals surface area contributed by atoms with Crippen molar-refractivity contribution in [1.29, 1.82) is 0 Å². The second-order valence-corrected chi connectivity index (χ2v) is 12.1. The molecule has 4 heterocycles. The van der Waals surface area contributed by atoms with Gasteiger partial charge in [-0.2, -0.15) is 4.98 Å². The second-order valence-electron chi connectivity index (χ2n) is 10.3. The van der Waals surface area contributed by atoms with E-state index in [1.165, 1.54) is 17.1 Å². The first kappa shape index (κ1) is 23.5. The van der Waals surface area contributed by atoms with Gasteiger partial charge in [0.25, 0.3) is 15.9 Å². The van der Waals surface area contributed by atoms with Crippen LogP contribution in [0.25, 0.3) is 0 Å². The molecule has 2 N–H and O–H groups in total. The van der Waals surface area contributed by atoms with Crippen LogP contribution in [0.2, 0.25) is 0 Å². The number of anilines is 4. The number of sulfonamides is 1. The smallest absolute Gasteiger partial charge is 0.259 e. The van der Waals surface area contributed by atoms with E-state index in [0.717, 1.165) is 51.0 Å². The van der Waals surface area contributed by atoms with Gasteiger partial charge in [-0.05, 0) is 67.7 Å². The van der Waals surface area contributed by atoms with Crippen molar-refractivity contribution in [3.63, 3.8) is 0 Å². The number of piperidine rings is 1. The van der Waals surface area contributed by atoms with Crippen molar-refractivity contribution >= 4 is 39.1 Å². The van der Waals surface area contributed by atoms with Crippen molar-refractivity contribution in [3.05, 3.63) is 36.0 Å². The third-order valence-electron chi connectivity index (χ3n) is 8.10. The van der Waals surface area contributed by atoms with E-state index < -0.39 is 10.0 Å². The summed E-state index contributed by atoms with van der Waals surface area (Å²) in [4.78, 5) is 24.5. The zero-order valence-electron chi connectivity index (χ0n) is 20.3. The number of hydrogen-bond donors (Lipinski definition) is 2. The second kappa shape index (κ2) is 9.19. The maximum absolute atomic E-state index is 13.5. The minimum atomic E-state index is -3.57. The van der Waals surface area contributed by atoms with Crippen molar-refractivity contribution in [3.8, 4) is 0 Å². The van der Waals surface area contributed by atoms with Gasteiger partial charge in [0.05, 0.1) is 30.1 Å². The Labute approximate surface area is 211 Å². The molecule has 0 unspecified atom stereocenters. The molecule has 1 aromatic carbocycles. The van der Waals surface area contributed by atoms with Crippen LogP contribution in [0.15, 0.2) is 30.5 Å². The molecule has 6 rings (SSSR count). The number of nitrogens with one attached hydrogen (secondary N) is 2. The van der Waals surface area contributed by atoms with E-state index in [1.54, 1.807) is 24.4 Å². The van der Waals surface area contributed by atoms with Gasteiger partial charge in [0.2, 0.25) is 5.95 Å². The lowest BCUT2D eigenvalue weighted by Gasteiger charge is -2.41. The van der Waals surface area contributed by atoms with Crippen LogP contribution in [-0.2, 0) is 14.8 Å². The molecule has 2 aromatic rings. The molecule has 10 nitrogen and oxygen atoms in total. The summed E-state index contributed by atoms with van der Waals surface area (Å²) in [5.74, 6) is 0.872. The molecule has 3 fully saturated rings. The summed E-state index contributed by atoms with van der Waals surface area (Å²) in [5.41, 5.74) is 2.29. The topological polar surface area (TPSA) is 117 Å². The number of amides is 1. The molecule has 4 bridgehead atoms. The predicted octanol–water partition coefficient (Wildman–Crippen LogP) is 3.06. The summed E-state index contributed by atoms with van der Waals surface area (Å²) in [7, 11) is -3.57. The lowest BCUT2D eigenvalue weighted by Crippen LogP contribution is -2.43. The molecule has 3 aliphatic heterocycles. The van der Waals surface area contributed by atoms with Crippen LogP contribution in [0.4, 0.5) is 23.1 Å². The van der Waals surface area contributed by atoms with Gasteiger partial charge in [-0.3, -0.25) is 9.10 Å². The Kier molecular flexibility index (Phi) is 5.99. The number of aromatic nitrogens is 2. The van der Waals surface area contributed by atoms with Crippen molar-refractivity contribution < 1.29 is 17.9 Å². The van der Waals surface area contributed by atoms with Gasteiger partial charge >= 0.3 is 0 Å². The standard InChI is InChI=1S/C25H32N6O4S/c32-23-20-5-4-19(31-13-14-35-17-36(31,33)34)15-21(20)30-12-9-25(7-8-25)18(16-30)3-1-2-10-26-24-27-11-6-22(28-23)29-24/h4-6,11,15,18H,1-3,7-10,12-14,16-17H2,(H2,26,27,28,29,32)/t18-/m1/s1. The Hall–Kier alpha value is -2.92. The van der Waals surface area contributed by atoms with Crippen LogP contribution in [0, 0.1) is 11.3 Å². The van der Waals surface area contributed by atoms with Gasteiger partial charge in [-0.25, -0.2) is 13.4 Å². The molecular weight excluding hydrogens is 480 g/mol. The fourth-order valence-corrected chi connectivity index (χ4v) is 7.14. The molecule has 2 saturated heterocycles. The predicted molar refractivity (Wildman–Crippen MR) is 138 cm³/mol. The van der Waals surface area contributed by atoms with E-state index in [-0.39, 0.29) is 18.4 Å². The molecule has 1 atom stereocenters. The van der Waals surface area contributed by atoms with Gasteiger partial charge in [-0.15, -0.1) is 0 Å². The highest BCUT2D eigenvalue weighted by atomic mass is 32.2. The van der Waals surface area contributed by atoms with Crippen molar-refractivity contribution in [2.75, 3.05) is 58.6 Å². The van der Waals surface area contributed by atoms with Crippen LogP contribution in [-0.4, -0.2) is 63.0 Å². The van der Waals surface area contributed by atoms with Crippen molar-refractivity contribution in [1.82, 2.24) is 9.97 Å². The Bertz CT molecular complexity index is 1260. The Morgan fingerprint density at radius 1 is 1.11 bits per heavy atom. The SMILES string of the molecule is O=C1Nc2ccnc(n2)NCCCC[C@@H]2CN(CCC23CC3)c2cc(N3CCOCS3(=O)=O)ccc21. The van der Waals surface area contributed by atoms with Gasteiger partial charge in [0.1, 0.15) is 5.82 Å². The summed E-state index contributed by atoms with van der Waals surface area (Å²) < 4.78 is 32.0. The molecule has 1 spiro atoms. The summed E-state index contributed by atoms with van der Waals surface area (Å²) in [6, 6.07) is 6.99. The van der Waals surface area contributed by atoms with Crippen LogP contribution in [0.3, 0.4) is 0 Å². The number of carbonyl (C=O) groups is 1. The normalized spacial score (nSPS) is 25.1. The fourth-order valence-electron chi connectivity index (χ4n) is 5.89. The number of ether oxygens (including phenoxy) is 1. The average molecular weight is 513 g/mol. The van der Waals surface area contributed by atoms with E-state index in [4.69, 9.17) is 4.74 Å². The van der Waals surface area contributed by atoms with Gasteiger partial charge in [0.15, 0.2) is 5.94 Å². The maximum Gasteiger partial charge on any atom is 0.259 e. The molecule has 0 radical (unpaired) electrons. The average Bonchev–Trinajstić information content (AvgIpc) is 3.64. The monoisotopic (exact) mass is 512 g/mol. The van der Waals surface area contributed by atoms with E-state index >= 15 is 0 Å². The summed E-state index contributed by atoms with van der Waals surface area (Å²) in [6.45, 7) is 3.12.